The number of nitrogens with two attached hydrogens (primary N) is 1. The topological polar surface area (TPSA) is 89.9 Å². The summed E-state index contributed by atoms with van der Waals surface area (Å²) in [5.74, 6) is 0.614. The van der Waals surface area contributed by atoms with Crippen LogP contribution in [0.15, 0.2) is 18.3 Å². The lowest BCUT2D eigenvalue weighted by atomic mass is 10.3. The normalized spacial score (nSPS) is 11.0. The molecule has 0 atom stereocenters. The summed E-state index contributed by atoms with van der Waals surface area (Å²) in [6.45, 7) is 2.00. The predicted molar refractivity (Wildman–Crippen MR) is 81.7 cm³/mol. The Balaban J connectivity index is 2.14. The minimum atomic E-state index is -0.159. The highest BCUT2D eigenvalue weighted by Gasteiger charge is 2.15. The van der Waals surface area contributed by atoms with E-state index in [1.807, 2.05) is 13.0 Å². The standard InChI is InChI=1S/C13H14N6OS/c1-7-6-8-10(15-13(14)16-11(8)21-7)19-5-4-9(17-19)12(20)18(2)3/h4-6H,1-3H3,(H2,14,15,16). The van der Waals surface area contributed by atoms with E-state index in [4.69, 9.17) is 5.73 Å². The molecule has 0 saturated carbocycles. The molecule has 21 heavy (non-hydrogen) atoms. The number of aromatic nitrogens is 4. The molecule has 3 rings (SSSR count). The average Bonchev–Trinajstić information content (AvgIpc) is 3.02. The quantitative estimate of drug-likeness (QED) is 0.774. The number of carbonyl (C=O) groups is 1. The summed E-state index contributed by atoms with van der Waals surface area (Å²) >= 11 is 1.55. The summed E-state index contributed by atoms with van der Waals surface area (Å²) in [4.78, 5) is 23.8. The van der Waals surface area contributed by atoms with Crippen LogP contribution in [0.25, 0.3) is 16.0 Å². The average molecular weight is 302 g/mol. The SMILES string of the molecule is Cc1cc2c(-n3ccc(C(=O)N(C)C)n3)nc(N)nc2s1. The fourth-order valence-corrected chi connectivity index (χ4v) is 2.88. The maximum atomic E-state index is 11.9. The van der Waals surface area contributed by atoms with E-state index in [1.165, 1.54) is 4.90 Å². The zero-order valence-corrected chi connectivity index (χ0v) is 12.7. The third-order valence-electron chi connectivity index (χ3n) is 2.94. The number of carbonyl (C=O) groups excluding carboxylic acids is 1. The van der Waals surface area contributed by atoms with Crippen molar-refractivity contribution in [3.8, 4) is 5.82 Å². The maximum absolute atomic E-state index is 11.9. The fraction of sp³-hybridized carbons (Fsp3) is 0.231. The molecule has 3 heterocycles. The van der Waals surface area contributed by atoms with Gasteiger partial charge in [-0.2, -0.15) is 10.1 Å². The Hall–Kier alpha value is -2.48. The number of fused-ring (bicyclic) bond motifs is 1. The second-order valence-electron chi connectivity index (χ2n) is 4.83. The molecule has 3 aromatic rings. The van der Waals surface area contributed by atoms with Crippen LogP contribution in [0.1, 0.15) is 15.4 Å². The summed E-state index contributed by atoms with van der Waals surface area (Å²) in [6, 6.07) is 3.65. The number of hydrogen-bond acceptors (Lipinski definition) is 6. The minimum absolute atomic E-state index is 0.159. The number of anilines is 1. The molecule has 0 bridgehead atoms. The number of thiophene rings is 1. The molecule has 0 aromatic carbocycles. The number of aryl methyl sites for hydroxylation is 1. The number of nitrogens with zero attached hydrogens (tertiary/aromatic N) is 5. The molecular weight excluding hydrogens is 288 g/mol. The first kappa shape index (κ1) is 13.5. The number of hydrogen-bond donors (Lipinski definition) is 1. The molecule has 0 spiro atoms. The minimum Gasteiger partial charge on any atom is -0.368 e. The van der Waals surface area contributed by atoms with Gasteiger partial charge in [0.05, 0.1) is 5.39 Å². The summed E-state index contributed by atoms with van der Waals surface area (Å²) in [7, 11) is 3.37. The predicted octanol–water partition coefficient (Wildman–Crippen LogP) is 1.47. The lowest BCUT2D eigenvalue weighted by Gasteiger charge is -2.07. The third kappa shape index (κ3) is 2.33. The van der Waals surface area contributed by atoms with Gasteiger partial charge in [-0.15, -0.1) is 11.3 Å². The van der Waals surface area contributed by atoms with Crippen LogP contribution < -0.4 is 5.73 Å². The zero-order valence-electron chi connectivity index (χ0n) is 11.9. The van der Waals surface area contributed by atoms with E-state index in [0.717, 1.165) is 15.1 Å². The Morgan fingerprint density at radius 3 is 2.86 bits per heavy atom. The van der Waals surface area contributed by atoms with Gasteiger partial charge in [0, 0.05) is 25.2 Å². The second kappa shape index (κ2) is 4.81. The van der Waals surface area contributed by atoms with Gasteiger partial charge < -0.3 is 10.6 Å². The molecule has 8 heteroatoms. The van der Waals surface area contributed by atoms with E-state index in [-0.39, 0.29) is 11.9 Å². The molecule has 0 aliphatic carbocycles. The lowest BCUT2D eigenvalue weighted by molar-refractivity contribution is 0.0821. The first-order valence-corrected chi connectivity index (χ1v) is 7.08. The summed E-state index contributed by atoms with van der Waals surface area (Å²) in [5, 5.41) is 5.16. The van der Waals surface area contributed by atoms with Crippen molar-refractivity contribution in [2.24, 2.45) is 0 Å². The molecule has 3 aromatic heterocycles. The van der Waals surface area contributed by atoms with E-state index >= 15 is 0 Å². The molecule has 0 saturated heterocycles. The zero-order chi connectivity index (χ0) is 15.1. The van der Waals surface area contributed by atoms with Crippen LogP contribution in [0.5, 0.6) is 0 Å². The van der Waals surface area contributed by atoms with Crippen molar-refractivity contribution >= 4 is 33.4 Å². The van der Waals surface area contributed by atoms with Crippen LogP contribution in [0.2, 0.25) is 0 Å². The Morgan fingerprint density at radius 1 is 1.38 bits per heavy atom. The van der Waals surface area contributed by atoms with Gasteiger partial charge in [-0.05, 0) is 19.1 Å². The summed E-state index contributed by atoms with van der Waals surface area (Å²) < 4.78 is 1.56. The van der Waals surface area contributed by atoms with Crippen molar-refractivity contribution in [2.45, 2.75) is 6.92 Å². The largest absolute Gasteiger partial charge is 0.368 e. The van der Waals surface area contributed by atoms with Gasteiger partial charge in [-0.3, -0.25) is 4.79 Å². The fourth-order valence-electron chi connectivity index (χ4n) is 2.00. The van der Waals surface area contributed by atoms with Gasteiger partial charge in [0.1, 0.15) is 4.83 Å². The van der Waals surface area contributed by atoms with Crippen LogP contribution >= 0.6 is 11.3 Å². The summed E-state index contributed by atoms with van der Waals surface area (Å²) in [6.07, 6.45) is 1.70. The van der Waals surface area contributed by atoms with Crippen molar-refractivity contribution in [1.82, 2.24) is 24.6 Å². The molecule has 7 nitrogen and oxygen atoms in total. The van der Waals surface area contributed by atoms with E-state index < -0.39 is 0 Å². The highest BCUT2D eigenvalue weighted by Crippen LogP contribution is 2.27. The molecule has 0 unspecified atom stereocenters. The van der Waals surface area contributed by atoms with Crippen molar-refractivity contribution in [3.63, 3.8) is 0 Å². The van der Waals surface area contributed by atoms with Crippen LogP contribution in [0.3, 0.4) is 0 Å². The van der Waals surface area contributed by atoms with Crippen LogP contribution in [-0.2, 0) is 0 Å². The van der Waals surface area contributed by atoms with E-state index in [9.17, 15) is 4.79 Å². The molecule has 108 valence electrons. The number of rotatable bonds is 2. The van der Waals surface area contributed by atoms with Gasteiger partial charge in [0.2, 0.25) is 5.95 Å². The smallest absolute Gasteiger partial charge is 0.273 e. The first-order valence-electron chi connectivity index (χ1n) is 6.27. The van der Waals surface area contributed by atoms with Crippen molar-refractivity contribution in [2.75, 3.05) is 19.8 Å². The van der Waals surface area contributed by atoms with Crippen molar-refractivity contribution in [1.29, 1.82) is 0 Å². The highest BCUT2D eigenvalue weighted by molar-refractivity contribution is 7.18. The number of amides is 1. The van der Waals surface area contributed by atoms with E-state index in [1.54, 1.807) is 42.4 Å². The van der Waals surface area contributed by atoms with Crippen molar-refractivity contribution < 1.29 is 4.79 Å². The lowest BCUT2D eigenvalue weighted by Crippen LogP contribution is -2.22. The van der Waals surface area contributed by atoms with Crippen LogP contribution in [0, 0.1) is 6.92 Å². The molecule has 1 amide bonds. The molecule has 0 aliphatic heterocycles. The Morgan fingerprint density at radius 2 is 2.14 bits per heavy atom. The number of nitrogen functional groups attached to an aromatic ring is 1. The maximum Gasteiger partial charge on any atom is 0.273 e. The van der Waals surface area contributed by atoms with Gasteiger partial charge in [0.15, 0.2) is 11.5 Å². The molecule has 0 aliphatic rings. The monoisotopic (exact) mass is 302 g/mol. The van der Waals surface area contributed by atoms with Gasteiger partial charge in [-0.25, -0.2) is 9.67 Å². The summed E-state index contributed by atoms with van der Waals surface area (Å²) in [5.41, 5.74) is 6.11. The molecule has 2 N–H and O–H groups in total. The third-order valence-corrected chi connectivity index (χ3v) is 3.89. The molecular formula is C13H14N6OS. The Labute approximate surface area is 125 Å². The van der Waals surface area contributed by atoms with Crippen LogP contribution in [0.4, 0.5) is 5.95 Å². The Kier molecular flexibility index (Phi) is 3.09. The van der Waals surface area contributed by atoms with Gasteiger partial charge in [0.25, 0.3) is 5.91 Å². The molecule has 0 radical (unpaired) electrons. The second-order valence-corrected chi connectivity index (χ2v) is 6.06. The van der Waals surface area contributed by atoms with Gasteiger partial charge >= 0.3 is 0 Å². The van der Waals surface area contributed by atoms with Crippen LogP contribution in [-0.4, -0.2) is 44.7 Å². The van der Waals surface area contributed by atoms with E-state index in [2.05, 4.69) is 15.1 Å². The Bertz CT molecular complexity index is 834. The van der Waals surface area contributed by atoms with Gasteiger partial charge in [-0.1, -0.05) is 0 Å². The van der Waals surface area contributed by atoms with Crippen molar-refractivity contribution in [3.05, 3.63) is 28.9 Å². The first-order chi connectivity index (χ1) is 9.95. The van der Waals surface area contributed by atoms with E-state index in [0.29, 0.717) is 11.5 Å². The molecule has 0 fully saturated rings. The highest BCUT2D eigenvalue weighted by atomic mass is 32.1.